The third kappa shape index (κ3) is 8.15. The van der Waals surface area contributed by atoms with Crippen molar-refractivity contribution in [1.29, 1.82) is 0 Å². The number of aromatic nitrogens is 2. The standard InChI is InChI=1S/C36H39N3O6S2/c1-4-7-20-44-27-17-14-25(15-18-27)32(40)30-31(26-16-19-28(45-21-8-5-2)29(22-26)43-6-3)39(34(42)33(30)41)35-37-38-36(47-35)46-23-24-12-10-9-11-13-24/h9-19,22,31,40H,4-8,20-21,23H2,1-3H3. The van der Waals surface area contributed by atoms with E-state index in [-0.39, 0.29) is 16.5 Å². The lowest BCUT2D eigenvalue weighted by molar-refractivity contribution is -0.132. The second-order valence-electron chi connectivity index (χ2n) is 10.9. The smallest absolute Gasteiger partial charge is 0.301 e. The normalized spacial score (nSPS) is 15.6. The highest BCUT2D eigenvalue weighted by Crippen LogP contribution is 2.45. The fraction of sp³-hybridized carbons (Fsp3) is 0.333. The van der Waals surface area contributed by atoms with E-state index in [0.717, 1.165) is 31.2 Å². The number of hydrogen-bond donors (Lipinski definition) is 1. The van der Waals surface area contributed by atoms with Crippen molar-refractivity contribution >= 4 is 45.7 Å². The van der Waals surface area contributed by atoms with E-state index in [0.29, 0.717) is 58.3 Å². The summed E-state index contributed by atoms with van der Waals surface area (Å²) < 4.78 is 18.4. The first-order valence-electron chi connectivity index (χ1n) is 15.9. The molecule has 0 radical (unpaired) electrons. The molecule has 9 nitrogen and oxygen atoms in total. The highest BCUT2D eigenvalue weighted by atomic mass is 32.2. The molecule has 0 saturated carbocycles. The molecule has 47 heavy (non-hydrogen) atoms. The minimum atomic E-state index is -0.987. The van der Waals surface area contributed by atoms with Gasteiger partial charge in [0.15, 0.2) is 15.8 Å². The van der Waals surface area contributed by atoms with Crippen LogP contribution in [0, 0.1) is 0 Å². The lowest BCUT2D eigenvalue weighted by Gasteiger charge is -2.23. The van der Waals surface area contributed by atoms with Crippen molar-refractivity contribution in [1.82, 2.24) is 10.2 Å². The van der Waals surface area contributed by atoms with E-state index in [4.69, 9.17) is 14.2 Å². The topological polar surface area (TPSA) is 111 Å². The summed E-state index contributed by atoms with van der Waals surface area (Å²) in [4.78, 5) is 28.8. The van der Waals surface area contributed by atoms with Crippen LogP contribution in [0.3, 0.4) is 0 Å². The van der Waals surface area contributed by atoms with Crippen molar-refractivity contribution in [2.24, 2.45) is 0 Å². The predicted octanol–water partition coefficient (Wildman–Crippen LogP) is 8.21. The van der Waals surface area contributed by atoms with E-state index < -0.39 is 17.7 Å². The summed E-state index contributed by atoms with van der Waals surface area (Å²) in [6.07, 6.45) is 3.81. The number of anilines is 1. The number of unbranched alkanes of at least 4 members (excludes halogenated alkanes) is 2. The maximum Gasteiger partial charge on any atom is 0.301 e. The first kappa shape index (κ1) is 34.0. The van der Waals surface area contributed by atoms with Crippen LogP contribution in [-0.2, 0) is 15.3 Å². The minimum Gasteiger partial charge on any atom is -0.507 e. The number of thioether (sulfide) groups is 1. The third-order valence-electron chi connectivity index (χ3n) is 7.48. The molecule has 1 unspecified atom stereocenters. The SMILES string of the molecule is CCCCOc1ccc(C(O)=C2C(=O)C(=O)N(c3nnc(SCc4ccccc4)s3)C2c2ccc(OCCCC)c(OCC)c2)cc1. The number of Topliss-reactive ketones (excluding diaryl/α,β-unsaturated/α-hetero) is 1. The van der Waals surface area contributed by atoms with Crippen LogP contribution in [0.15, 0.2) is 82.7 Å². The molecule has 1 aliphatic heterocycles. The molecule has 3 aromatic carbocycles. The molecule has 246 valence electrons. The molecule has 2 heterocycles. The fourth-order valence-corrected chi connectivity index (χ4v) is 6.85. The zero-order chi connectivity index (χ0) is 33.2. The summed E-state index contributed by atoms with van der Waals surface area (Å²) >= 11 is 2.72. The third-order valence-corrected chi connectivity index (χ3v) is 9.61. The van der Waals surface area contributed by atoms with Gasteiger partial charge in [-0.05, 0) is 67.3 Å². The Morgan fingerprint density at radius 3 is 2.30 bits per heavy atom. The van der Waals surface area contributed by atoms with Crippen molar-refractivity contribution in [3.63, 3.8) is 0 Å². The van der Waals surface area contributed by atoms with Gasteiger partial charge in [-0.3, -0.25) is 14.5 Å². The number of aliphatic hydroxyl groups excluding tert-OH is 1. The van der Waals surface area contributed by atoms with Crippen LogP contribution in [0.4, 0.5) is 5.13 Å². The number of benzene rings is 3. The fourth-order valence-electron chi connectivity index (χ4n) is 5.03. The molecule has 11 heteroatoms. The van der Waals surface area contributed by atoms with Gasteiger partial charge in [-0.1, -0.05) is 86.2 Å². The number of aliphatic hydroxyl groups is 1. The summed E-state index contributed by atoms with van der Waals surface area (Å²) in [6, 6.07) is 21.2. The summed E-state index contributed by atoms with van der Waals surface area (Å²) in [5, 5.41) is 20.6. The highest BCUT2D eigenvalue weighted by Gasteiger charge is 2.48. The Hall–Kier alpha value is -4.35. The number of ketones is 1. The van der Waals surface area contributed by atoms with Gasteiger partial charge in [-0.2, -0.15) is 0 Å². The zero-order valence-electron chi connectivity index (χ0n) is 26.8. The second-order valence-corrected chi connectivity index (χ2v) is 13.0. The molecule has 0 bridgehead atoms. The van der Waals surface area contributed by atoms with Crippen molar-refractivity contribution < 1.29 is 28.9 Å². The van der Waals surface area contributed by atoms with E-state index >= 15 is 0 Å². The van der Waals surface area contributed by atoms with Gasteiger partial charge >= 0.3 is 5.91 Å². The first-order valence-corrected chi connectivity index (χ1v) is 17.7. The molecule has 1 aliphatic rings. The van der Waals surface area contributed by atoms with Crippen LogP contribution in [-0.4, -0.2) is 46.8 Å². The Morgan fingerprint density at radius 2 is 1.60 bits per heavy atom. The number of amides is 1. The van der Waals surface area contributed by atoms with Crippen molar-refractivity contribution in [2.75, 3.05) is 24.7 Å². The quantitative estimate of drug-likeness (QED) is 0.0314. The molecule has 1 saturated heterocycles. The van der Waals surface area contributed by atoms with Gasteiger partial charge in [0.1, 0.15) is 11.5 Å². The second kappa shape index (κ2) is 16.5. The zero-order valence-corrected chi connectivity index (χ0v) is 28.4. The van der Waals surface area contributed by atoms with Crippen molar-refractivity contribution in [3.8, 4) is 17.2 Å². The first-order chi connectivity index (χ1) is 22.9. The molecular formula is C36H39N3O6S2. The minimum absolute atomic E-state index is 0.0505. The maximum absolute atomic E-state index is 13.8. The van der Waals surface area contributed by atoms with Gasteiger partial charge in [0.05, 0.1) is 31.4 Å². The van der Waals surface area contributed by atoms with Crippen molar-refractivity contribution in [3.05, 3.63) is 95.1 Å². The summed E-state index contributed by atoms with van der Waals surface area (Å²) in [7, 11) is 0. The van der Waals surface area contributed by atoms with E-state index in [1.807, 2.05) is 37.3 Å². The highest BCUT2D eigenvalue weighted by molar-refractivity contribution is 8.00. The number of rotatable bonds is 16. The van der Waals surface area contributed by atoms with Crippen molar-refractivity contribution in [2.45, 2.75) is 62.6 Å². The van der Waals surface area contributed by atoms with E-state index in [2.05, 4.69) is 24.0 Å². The Labute approximate surface area is 283 Å². The van der Waals surface area contributed by atoms with Crippen LogP contribution in [0.2, 0.25) is 0 Å². The Morgan fingerprint density at radius 1 is 0.872 bits per heavy atom. The molecule has 1 atom stereocenters. The Kier molecular flexibility index (Phi) is 11.9. The van der Waals surface area contributed by atoms with E-state index in [9.17, 15) is 14.7 Å². The average Bonchev–Trinajstić information content (AvgIpc) is 3.66. The summed E-state index contributed by atoms with van der Waals surface area (Å²) in [6.45, 7) is 7.55. The van der Waals surface area contributed by atoms with E-state index in [1.165, 1.54) is 28.0 Å². The number of nitrogens with zero attached hydrogens (tertiary/aromatic N) is 3. The lowest BCUT2D eigenvalue weighted by atomic mass is 9.95. The van der Waals surface area contributed by atoms with Gasteiger partial charge in [-0.15, -0.1) is 10.2 Å². The molecule has 1 aromatic heterocycles. The maximum atomic E-state index is 13.8. The van der Waals surface area contributed by atoms with Gasteiger partial charge < -0.3 is 19.3 Å². The van der Waals surface area contributed by atoms with E-state index in [1.54, 1.807) is 42.5 Å². The molecular weight excluding hydrogens is 635 g/mol. The lowest BCUT2D eigenvalue weighted by Crippen LogP contribution is -2.29. The van der Waals surface area contributed by atoms with Crippen LogP contribution >= 0.6 is 23.1 Å². The largest absolute Gasteiger partial charge is 0.507 e. The number of hydrogen-bond acceptors (Lipinski definition) is 10. The molecule has 5 rings (SSSR count). The Balaban J connectivity index is 1.54. The molecule has 0 spiro atoms. The molecule has 1 fully saturated rings. The number of ether oxygens (including phenoxy) is 3. The van der Waals surface area contributed by atoms with Gasteiger partial charge in [0.2, 0.25) is 5.13 Å². The molecule has 1 N–H and O–H groups in total. The van der Waals surface area contributed by atoms with Gasteiger partial charge in [0, 0.05) is 11.3 Å². The number of carbonyl (C=O) groups excluding carboxylic acids is 2. The van der Waals surface area contributed by atoms with Crippen LogP contribution in [0.1, 0.15) is 69.2 Å². The molecule has 0 aliphatic carbocycles. The van der Waals surface area contributed by atoms with Gasteiger partial charge in [0.25, 0.3) is 5.78 Å². The van der Waals surface area contributed by atoms with Crippen LogP contribution < -0.4 is 19.1 Å². The predicted molar refractivity (Wildman–Crippen MR) is 186 cm³/mol. The summed E-state index contributed by atoms with van der Waals surface area (Å²) in [5.41, 5.74) is 2.02. The van der Waals surface area contributed by atoms with Gasteiger partial charge in [-0.25, -0.2) is 0 Å². The molecule has 1 amide bonds. The number of carbonyl (C=O) groups is 2. The van der Waals surface area contributed by atoms with Crippen LogP contribution in [0.25, 0.3) is 5.76 Å². The summed E-state index contributed by atoms with van der Waals surface area (Å²) in [5.74, 6) is 0.472. The monoisotopic (exact) mass is 673 g/mol. The van der Waals surface area contributed by atoms with Crippen LogP contribution in [0.5, 0.6) is 17.2 Å². The average molecular weight is 674 g/mol. The molecule has 4 aromatic rings. The Bertz CT molecular complexity index is 1690.